The second kappa shape index (κ2) is 7.01. The Morgan fingerprint density at radius 2 is 2.10 bits per heavy atom. The molecule has 0 atom stereocenters. The number of rotatable bonds is 5. The van der Waals surface area contributed by atoms with Gasteiger partial charge >= 0.3 is 5.97 Å². The van der Waals surface area contributed by atoms with Crippen LogP contribution in [0.5, 0.6) is 0 Å². The second-order valence-electron chi connectivity index (χ2n) is 4.50. The first-order chi connectivity index (χ1) is 9.93. The van der Waals surface area contributed by atoms with Crippen LogP contribution in [0.25, 0.3) is 0 Å². The number of nitrogens with zero attached hydrogens (tertiary/aromatic N) is 3. The first kappa shape index (κ1) is 16.6. The van der Waals surface area contributed by atoms with Crippen molar-refractivity contribution >= 4 is 38.9 Å². The molecule has 0 spiro atoms. The van der Waals surface area contributed by atoms with Gasteiger partial charge in [-0.15, -0.1) is 0 Å². The van der Waals surface area contributed by atoms with E-state index >= 15 is 0 Å². The first-order valence-corrected chi connectivity index (χ1v) is 8.97. The van der Waals surface area contributed by atoms with Crippen LogP contribution in [0, 0.1) is 0 Å². The molecule has 1 fully saturated rings. The Bertz CT molecular complexity index is 596. The summed E-state index contributed by atoms with van der Waals surface area (Å²) in [5, 5.41) is 0. The van der Waals surface area contributed by atoms with Gasteiger partial charge in [0.1, 0.15) is 0 Å². The van der Waals surface area contributed by atoms with Crippen molar-refractivity contribution < 1.29 is 17.9 Å². The molecule has 0 saturated carbocycles. The molecular formula is C11H16ClN3O4S2. The molecule has 1 saturated heterocycles. The highest BCUT2D eigenvalue weighted by atomic mass is 35.5. The van der Waals surface area contributed by atoms with E-state index < -0.39 is 10.0 Å². The van der Waals surface area contributed by atoms with Gasteiger partial charge in [-0.05, 0) is 0 Å². The fraction of sp³-hybridized carbons (Fsp3) is 0.636. The zero-order valence-corrected chi connectivity index (χ0v) is 13.9. The minimum absolute atomic E-state index is 0.163. The number of hydrogen-bond donors (Lipinski definition) is 0. The summed E-state index contributed by atoms with van der Waals surface area (Å²) in [6.07, 6.45) is 1.60. The van der Waals surface area contributed by atoms with Crippen molar-refractivity contribution in [3.63, 3.8) is 0 Å². The smallest absolute Gasteiger partial charge is 0.306 e. The molecule has 1 aliphatic heterocycles. The van der Waals surface area contributed by atoms with Crippen molar-refractivity contribution in [2.45, 2.75) is 10.6 Å². The van der Waals surface area contributed by atoms with Crippen LogP contribution >= 0.6 is 22.9 Å². The normalized spacial score (nSPS) is 17.8. The van der Waals surface area contributed by atoms with Crippen molar-refractivity contribution in [1.82, 2.24) is 14.2 Å². The summed E-state index contributed by atoms with van der Waals surface area (Å²) in [5.74, 6) is -0.260. The van der Waals surface area contributed by atoms with Crippen LogP contribution in [0.1, 0.15) is 6.42 Å². The molecule has 1 aliphatic rings. The van der Waals surface area contributed by atoms with Gasteiger partial charge in [0.25, 0.3) is 10.0 Å². The van der Waals surface area contributed by atoms with E-state index in [0.29, 0.717) is 39.1 Å². The fourth-order valence-corrected chi connectivity index (χ4v) is 4.90. The quantitative estimate of drug-likeness (QED) is 0.724. The fourth-order valence-electron chi connectivity index (χ4n) is 2.03. The Morgan fingerprint density at radius 1 is 1.43 bits per heavy atom. The molecule has 0 amide bonds. The molecular weight excluding hydrogens is 338 g/mol. The van der Waals surface area contributed by atoms with Crippen molar-refractivity contribution in [2.75, 3.05) is 39.8 Å². The number of aromatic nitrogens is 1. The maximum Gasteiger partial charge on any atom is 0.306 e. The van der Waals surface area contributed by atoms with Crippen molar-refractivity contribution in [2.24, 2.45) is 0 Å². The van der Waals surface area contributed by atoms with Gasteiger partial charge in [-0.1, -0.05) is 22.9 Å². The van der Waals surface area contributed by atoms with E-state index in [9.17, 15) is 13.2 Å². The maximum absolute atomic E-state index is 12.4. The molecule has 0 aliphatic carbocycles. The number of methoxy groups -OCH3 is 1. The van der Waals surface area contributed by atoms with E-state index in [1.54, 1.807) is 0 Å². The van der Waals surface area contributed by atoms with Crippen molar-refractivity contribution in [1.29, 1.82) is 0 Å². The largest absolute Gasteiger partial charge is 0.469 e. The van der Waals surface area contributed by atoms with E-state index in [-0.39, 0.29) is 14.6 Å². The number of hydrogen-bond acceptors (Lipinski definition) is 7. The van der Waals surface area contributed by atoms with Crippen LogP contribution in [0.4, 0.5) is 0 Å². The van der Waals surface area contributed by atoms with E-state index in [1.807, 2.05) is 4.90 Å². The van der Waals surface area contributed by atoms with E-state index in [4.69, 9.17) is 11.6 Å². The van der Waals surface area contributed by atoms with E-state index in [2.05, 4.69) is 9.72 Å². The van der Waals surface area contributed by atoms with Gasteiger partial charge in [-0.2, -0.15) is 4.31 Å². The van der Waals surface area contributed by atoms with E-state index in [0.717, 1.165) is 11.3 Å². The molecule has 0 aromatic carbocycles. The summed E-state index contributed by atoms with van der Waals surface area (Å²) in [5.41, 5.74) is 0. The van der Waals surface area contributed by atoms with Crippen LogP contribution in [0.15, 0.2) is 10.4 Å². The molecule has 0 N–H and O–H groups in total. The second-order valence-corrected chi connectivity index (χ2v) is 8.28. The number of ether oxygens (including phenoxy) is 1. The monoisotopic (exact) mass is 353 g/mol. The molecule has 118 valence electrons. The summed E-state index contributed by atoms with van der Waals surface area (Å²) >= 11 is 6.64. The summed E-state index contributed by atoms with van der Waals surface area (Å²) in [7, 11) is -2.16. The molecule has 21 heavy (non-hydrogen) atoms. The highest BCUT2D eigenvalue weighted by Gasteiger charge is 2.30. The predicted molar refractivity (Wildman–Crippen MR) is 79.0 cm³/mol. The van der Waals surface area contributed by atoms with Gasteiger partial charge in [-0.3, -0.25) is 4.79 Å². The molecule has 2 heterocycles. The molecule has 1 aromatic heterocycles. The molecule has 10 heteroatoms. The van der Waals surface area contributed by atoms with Gasteiger partial charge in [0.2, 0.25) is 0 Å². The summed E-state index contributed by atoms with van der Waals surface area (Å²) in [6.45, 7) is 2.52. The van der Waals surface area contributed by atoms with Gasteiger partial charge < -0.3 is 9.64 Å². The summed E-state index contributed by atoms with van der Waals surface area (Å²) in [4.78, 5) is 16.9. The van der Waals surface area contributed by atoms with Crippen LogP contribution in [-0.2, 0) is 19.6 Å². The third-order valence-corrected chi connectivity index (χ3v) is 6.69. The lowest BCUT2D eigenvalue weighted by atomic mass is 10.3. The zero-order valence-electron chi connectivity index (χ0n) is 11.5. The standard InChI is InChI=1S/C11H16ClN3O4S2/c1-19-9(16)2-3-14-4-6-15(7-5-14)21(17,18)10-8-13-11(12)20-10/h8H,2-7H2,1H3. The highest BCUT2D eigenvalue weighted by molar-refractivity contribution is 7.91. The number of thiazole rings is 1. The van der Waals surface area contributed by atoms with Crippen LogP contribution in [0.2, 0.25) is 4.47 Å². The Kier molecular flexibility index (Phi) is 5.55. The lowest BCUT2D eigenvalue weighted by Gasteiger charge is -2.33. The summed E-state index contributed by atoms with van der Waals surface area (Å²) < 4.78 is 31.1. The SMILES string of the molecule is COC(=O)CCN1CCN(S(=O)(=O)c2cnc(Cl)s2)CC1. The van der Waals surface area contributed by atoms with Gasteiger partial charge in [0, 0.05) is 32.7 Å². The topological polar surface area (TPSA) is 79.8 Å². The minimum atomic E-state index is -3.51. The van der Waals surface area contributed by atoms with Gasteiger partial charge in [0.15, 0.2) is 8.68 Å². The van der Waals surface area contributed by atoms with Gasteiger partial charge in [0.05, 0.1) is 19.7 Å². The molecule has 7 nitrogen and oxygen atoms in total. The molecule has 0 radical (unpaired) electrons. The first-order valence-electron chi connectivity index (χ1n) is 6.34. The lowest BCUT2D eigenvalue weighted by Crippen LogP contribution is -2.48. The minimum Gasteiger partial charge on any atom is -0.469 e. The third kappa shape index (κ3) is 4.13. The Balaban J connectivity index is 1.90. The Labute approximate surface area is 132 Å². The van der Waals surface area contributed by atoms with Crippen LogP contribution < -0.4 is 0 Å². The lowest BCUT2D eigenvalue weighted by molar-refractivity contribution is -0.141. The molecule has 0 bridgehead atoms. The molecule has 0 unspecified atom stereocenters. The number of esters is 1. The van der Waals surface area contributed by atoms with Crippen LogP contribution in [0.3, 0.4) is 0 Å². The number of piperazine rings is 1. The number of carbonyl (C=O) groups is 1. The highest BCUT2D eigenvalue weighted by Crippen LogP contribution is 2.26. The van der Waals surface area contributed by atoms with Crippen LogP contribution in [-0.4, -0.2) is 68.4 Å². The van der Waals surface area contributed by atoms with E-state index in [1.165, 1.54) is 17.6 Å². The summed E-state index contributed by atoms with van der Waals surface area (Å²) in [6, 6.07) is 0. The molecule has 1 aromatic rings. The average molecular weight is 354 g/mol. The van der Waals surface area contributed by atoms with Crippen molar-refractivity contribution in [3.05, 3.63) is 10.7 Å². The average Bonchev–Trinajstić information content (AvgIpc) is 2.92. The zero-order chi connectivity index (χ0) is 15.5. The number of sulfonamides is 1. The number of halogens is 1. The maximum atomic E-state index is 12.4. The van der Waals surface area contributed by atoms with Crippen molar-refractivity contribution in [3.8, 4) is 0 Å². The van der Waals surface area contributed by atoms with Gasteiger partial charge in [-0.25, -0.2) is 13.4 Å². The number of carbonyl (C=O) groups excluding carboxylic acids is 1. The Morgan fingerprint density at radius 3 is 2.62 bits per heavy atom. The Hall–Kier alpha value is -0.740. The third-order valence-electron chi connectivity index (χ3n) is 3.24. The predicted octanol–water partition coefficient (Wildman–Crippen LogP) is 0.666. The molecule has 2 rings (SSSR count).